The van der Waals surface area contributed by atoms with Crippen molar-refractivity contribution in [2.45, 2.75) is 0 Å². The van der Waals surface area contributed by atoms with Crippen LogP contribution in [0.15, 0.2) is 30.9 Å². The number of hydrogen-bond acceptors (Lipinski definition) is 5. The molecule has 0 saturated carbocycles. The van der Waals surface area contributed by atoms with Gasteiger partial charge in [-0.3, -0.25) is 4.79 Å². The van der Waals surface area contributed by atoms with Crippen molar-refractivity contribution in [3.05, 3.63) is 36.4 Å². The van der Waals surface area contributed by atoms with E-state index in [2.05, 4.69) is 10.8 Å². The van der Waals surface area contributed by atoms with Gasteiger partial charge in [-0.25, -0.2) is 0 Å². The molecule has 0 amide bonds. The van der Waals surface area contributed by atoms with Gasteiger partial charge in [-0.1, -0.05) is 12.7 Å². The second-order valence-corrected chi connectivity index (χ2v) is 4.78. The Hall–Kier alpha value is -1.82. The van der Waals surface area contributed by atoms with E-state index in [-0.39, 0.29) is 18.1 Å². The van der Waals surface area contributed by atoms with E-state index in [1.807, 2.05) is 0 Å². The molecule has 0 aliphatic heterocycles. The molecule has 1 aromatic rings. The van der Waals surface area contributed by atoms with Crippen molar-refractivity contribution in [1.82, 2.24) is 0 Å². The zero-order valence-electron chi connectivity index (χ0n) is 9.25. The SMILES string of the molecule is C=CCOc1cc(OS(C)(=O)=O)ccc1C=O. The number of rotatable bonds is 6. The number of ether oxygens (including phenoxy) is 1. The van der Waals surface area contributed by atoms with Crippen molar-refractivity contribution < 1.29 is 22.1 Å². The molecule has 0 aliphatic rings. The Kier molecular flexibility index (Phi) is 4.28. The third kappa shape index (κ3) is 4.28. The Labute approximate surface area is 99.8 Å². The van der Waals surface area contributed by atoms with Gasteiger partial charge in [-0.05, 0) is 12.1 Å². The zero-order chi connectivity index (χ0) is 12.9. The fourth-order valence-corrected chi connectivity index (χ4v) is 1.57. The number of hydrogen-bond donors (Lipinski definition) is 0. The molecular formula is C11H12O5S. The number of benzene rings is 1. The van der Waals surface area contributed by atoms with Crippen LogP contribution in [0.2, 0.25) is 0 Å². The van der Waals surface area contributed by atoms with E-state index in [0.29, 0.717) is 11.8 Å². The predicted octanol–water partition coefficient (Wildman–Crippen LogP) is 1.40. The molecule has 0 heterocycles. The van der Waals surface area contributed by atoms with Crippen LogP contribution in [0.1, 0.15) is 10.4 Å². The van der Waals surface area contributed by atoms with Crippen LogP contribution >= 0.6 is 0 Å². The first-order valence-electron chi connectivity index (χ1n) is 4.68. The van der Waals surface area contributed by atoms with Crippen molar-refractivity contribution in [1.29, 1.82) is 0 Å². The summed E-state index contributed by atoms with van der Waals surface area (Å²) in [6.45, 7) is 3.68. The van der Waals surface area contributed by atoms with Gasteiger partial charge in [0, 0.05) is 6.07 Å². The summed E-state index contributed by atoms with van der Waals surface area (Å²) in [5.41, 5.74) is 0.313. The standard InChI is InChI=1S/C11H12O5S/c1-3-6-15-11-7-10(16-17(2,13)14)5-4-9(11)8-12/h3-5,7-8H,1,6H2,2H3. The monoisotopic (exact) mass is 256 g/mol. The van der Waals surface area contributed by atoms with Crippen molar-refractivity contribution >= 4 is 16.4 Å². The van der Waals surface area contributed by atoms with Gasteiger partial charge in [-0.2, -0.15) is 8.42 Å². The van der Waals surface area contributed by atoms with Crippen LogP contribution in [-0.2, 0) is 10.1 Å². The lowest BCUT2D eigenvalue weighted by Crippen LogP contribution is -2.06. The molecule has 0 aromatic heterocycles. The van der Waals surface area contributed by atoms with Gasteiger partial charge in [0.2, 0.25) is 0 Å². The van der Waals surface area contributed by atoms with Crippen LogP contribution in [0.25, 0.3) is 0 Å². The third-order valence-electron chi connectivity index (χ3n) is 1.72. The summed E-state index contributed by atoms with van der Waals surface area (Å²) in [5.74, 6) is 0.346. The maximum atomic E-state index is 10.9. The molecule has 0 fully saturated rings. The minimum absolute atomic E-state index is 0.0946. The zero-order valence-corrected chi connectivity index (χ0v) is 10.1. The second kappa shape index (κ2) is 5.49. The molecule has 1 aromatic carbocycles. The fourth-order valence-electron chi connectivity index (χ4n) is 1.11. The van der Waals surface area contributed by atoms with E-state index in [4.69, 9.17) is 4.74 Å². The fraction of sp³-hybridized carbons (Fsp3) is 0.182. The summed E-state index contributed by atoms with van der Waals surface area (Å²) in [6, 6.07) is 4.14. The average Bonchev–Trinajstić information content (AvgIpc) is 2.24. The van der Waals surface area contributed by atoms with Crippen molar-refractivity contribution in [3.8, 4) is 11.5 Å². The molecule has 0 unspecified atom stereocenters. The molecule has 0 radical (unpaired) electrons. The van der Waals surface area contributed by atoms with Crippen LogP contribution in [0, 0.1) is 0 Å². The van der Waals surface area contributed by atoms with Crippen LogP contribution < -0.4 is 8.92 Å². The smallest absolute Gasteiger partial charge is 0.306 e. The van der Waals surface area contributed by atoms with E-state index >= 15 is 0 Å². The molecule has 0 atom stereocenters. The van der Waals surface area contributed by atoms with Crippen LogP contribution in [0.3, 0.4) is 0 Å². The van der Waals surface area contributed by atoms with Crippen molar-refractivity contribution in [2.75, 3.05) is 12.9 Å². The summed E-state index contributed by atoms with van der Waals surface area (Å²) >= 11 is 0. The van der Waals surface area contributed by atoms with Gasteiger partial charge in [0.15, 0.2) is 6.29 Å². The van der Waals surface area contributed by atoms with Crippen LogP contribution in [-0.4, -0.2) is 27.6 Å². The quantitative estimate of drug-likeness (QED) is 0.437. The summed E-state index contributed by atoms with van der Waals surface area (Å²) in [5, 5.41) is 0. The Morgan fingerprint density at radius 3 is 2.65 bits per heavy atom. The maximum absolute atomic E-state index is 10.9. The molecule has 0 spiro atoms. The lowest BCUT2D eigenvalue weighted by Gasteiger charge is -2.08. The van der Waals surface area contributed by atoms with Crippen molar-refractivity contribution in [3.63, 3.8) is 0 Å². The molecule has 0 aliphatic carbocycles. The van der Waals surface area contributed by atoms with Gasteiger partial charge >= 0.3 is 10.1 Å². The first-order valence-corrected chi connectivity index (χ1v) is 6.50. The Balaban J connectivity index is 3.03. The molecule has 0 N–H and O–H groups in total. The first-order chi connectivity index (χ1) is 7.96. The van der Waals surface area contributed by atoms with Gasteiger partial charge in [0.05, 0.1) is 11.8 Å². The number of carbonyl (C=O) groups excluding carboxylic acids is 1. The van der Waals surface area contributed by atoms with Crippen LogP contribution in [0.5, 0.6) is 11.5 Å². The van der Waals surface area contributed by atoms with Gasteiger partial charge in [-0.15, -0.1) is 0 Å². The largest absolute Gasteiger partial charge is 0.489 e. The molecule has 0 bridgehead atoms. The van der Waals surface area contributed by atoms with Crippen LogP contribution in [0.4, 0.5) is 0 Å². The van der Waals surface area contributed by atoms with E-state index in [1.54, 1.807) is 0 Å². The predicted molar refractivity (Wildman–Crippen MR) is 63.0 cm³/mol. The Morgan fingerprint density at radius 2 is 2.12 bits per heavy atom. The lowest BCUT2D eigenvalue weighted by molar-refractivity contribution is 0.112. The first kappa shape index (κ1) is 13.2. The van der Waals surface area contributed by atoms with E-state index in [1.165, 1.54) is 24.3 Å². The minimum atomic E-state index is -3.60. The highest BCUT2D eigenvalue weighted by atomic mass is 32.2. The summed E-state index contributed by atoms with van der Waals surface area (Å²) in [4.78, 5) is 10.7. The summed E-state index contributed by atoms with van der Waals surface area (Å²) in [7, 11) is -3.60. The van der Waals surface area contributed by atoms with Gasteiger partial charge in [0.25, 0.3) is 0 Å². The Bertz CT molecular complexity index is 519. The topological polar surface area (TPSA) is 69.7 Å². The normalized spacial score (nSPS) is 10.6. The summed E-state index contributed by atoms with van der Waals surface area (Å²) < 4.78 is 31.7. The molecule has 1 rings (SSSR count). The van der Waals surface area contributed by atoms with E-state index in [0.717, 1.165) is 6.26 Å². The van der Waals surface area contributed by atoms with E-state index < -0.39 is 10.1 Å². The highest BCUT2D eigenvalue weighted by molar-refractivity contribution is 7.86. The number of aldehydes is 1. The average molecular weight is 256 g/mol. The highest BCUT2D eigenvalue weighted by Gasteiger charge is 2.09. The Morgan fingerprint density at radius 1 is 1.41 bits per heavy atom. The number of carbonyl (C=O) groups is 1. The molecule has 92 valence electrons. The van der Waals surface area contributed by atoms with Gasteiger partial charge in [0.1, 0.15) is 18.1 Å². The molecule has 0 saturated heterocycles. The van der Waals surface area contributed by atoms with E-state index in [9.17, 15) is 13.2 Å². The van der Waals surface area contributed by atoms with Crippen molar-refractivity contribution in [2.24, 2.45) is 0 Å². The molecule has 17 heavy (non-hydrogen) atoms. The third-order valence-corrected chi connectivity index (χ3v) is 2.21. The lowest BCUT2D eigenvalue weighted by atomic mass is 10.2. The summed E-state index contributed by atoms with van der Waals surface area (Å²) in [6.07, 6.45) is 3.06. The minimum Gasteiger partial charge on any atom is -0.489 e. The molecule has 5 nitrogen and oxygen atoms in total. The second-order valence-electron chi connectivity index (χ2n) is 3.20. The van der Waals surface area contributed by atoms with Gasteiger partial charge < -0.3 is 8.92 Å². The molecule has 6 heteroatoms. The molecular weight excluding hydrogens is 244 g/mol. The highest BCUT2D eigenvalue weighted by Crippen LogP contribution is 2.24. The maximum Gasteiger partial charge on any atom is 0.306 e.